The second-order valence-electron chi connectivity index (χ2n) is 5.14. The van der Waals surface area contributed by atoms with Crippen molar-refractivity contribution in [2.75, 3.05) is 0 Å². The number of hydrogen-bond donors (Lipinski definition) is 1. The van der Waals surface area contributed by atoms with Crippen LogP contribution in [0.5, 0.6) is 0 Å². The fourth-order valence-corrected chi connectivity index (χ4v) is 3.11. The van der Waals surface area contributed by atoms with Gasteiger partial charge in [-0.25, -0.2) is 8.89 Å². The lowest BCUT2D eigenvalue weighted by molar-refractivity contribution is -0.114. The molecular formula is C14H12N4O2S. The zero-order valence-electron chi connectivity index (χ0n) is 11.0. The Balaban J connectivity index is 1.63. The number of amides is 1. The fraction of sp³-hybridized carbons (Fsp3) is 0.214. The van der Waals surface area contributed by atoms with E-state index in [0.29, 0.717) is 10.9 Å². The highest BCUT2D eigenvalue weighted by atomic mass is 32.2. The molecule has 0 radical (unpaired) electrons. The lowest BCUT2D eigenvalue weighted by atomic mass is 10.1. The molecule has 0 aromatic carbocycles. The summed E-state index contributed by atoms with van der Waals surface area (Å²) in [6.07, 6.45) is 9.00. The van der Waals surface area contributed by atoms with Crippen molar-refractivity contribution in [3.8, 4) is 11.1 Å². The first-order valence-corrected chi connectivity index (χ1v) is 7.81. The van der Waals surface area contributed by atoms with Crippen LogP contribution in [0.15, 0.2) is 36.8 Å². The molecule has 1 aliphatic carbocycles. The van der Waals surface area contributed by atoms with Gasteiger partial charge in [-0.1, -0.05) is 6.07 Å². The van der Waals surface area contributed by atoms with Crippen LogP contribution in [0.1, 0.15) is 24.5 Å². The van der Waals surface area contributed by atoms with Crippen LogP contribution in [0.2, 0.25) is 0 Å². The number of rotatable bonds is 3. The van der Waals surface area contributed by atoms with E-state index in [9.17, 15) is 9.00 Å². The van der Waals surface area contributed by atoms with Gasteiger partial charge in [0.1, 0.15) is 0 Å². The molecule has 4 rings (SSSR count). The van der Waals surface area contributed by atoms with Crippen molar-refractivity contribution < 1.29 is 9.00 Å². The van der Waals surface area contributed by atoms with Crippen molar-refractivity contribution in [1.29, 1.82) is 0 Å². The van der Waals surface area contributed by atoms with Gasteiger partial charge in [-0.05, 0) is 18.9 Å². The van der Waals surface area contributed by atoms with Crippen molar-refractivity contribution in [2.24, 2.45) is 0 Å². The van der Waals surface area contributed by atoms with Gasteiger partial charge < -0.3 is 0 Å². The second-order valence-corrected chi connectivity index (χ2v) is 6.30. The van der Waals surface area contributed by atoms with E-state index in [-0.39, 0.29) is 5.91 Å². The number of nitrogens with zero attached hydrogens (tertiary/aromatic N) is 3. The van der Waals surface area contributed by atoms with Crippen LogP contribution >= 0.6 is 0 Å². The van der Waals surface area contributed by atoms with Crippen molar-refractivity contribution in [2.45, 2.75) is 18.8 Å². The van der Waals surface area contributed by atoms with E-state index in [1.807, 2.05) is 18.3 Å². The van der Waals surface area contributed by atoms with E-state index >= 15 is 0 Å². The third-order valence-corrected chi connectivity index (χ3v) is 4.63. The van der Waals surface area contributed by atoms with Crippen LogP contribution in [0.25, 0.3) is 16.2 Å². The van der Waals surface area contributed by atoms with E-state index in [0.717, 1.165) is 16.8 Å². The molecule has 106 valence electrons. The Hall–Kier alpha value is -2.28. The van der Waals surface area contributed by atoms with Crippen LogP contribution in [0.3, 0.4) is 0 Å². The van der Waals surface area contributed by atoms with Crippen molar-refractivity contribution >= 4 is 21.9 Å². The van der Waals surface area contributed by atoms with Gasteiger partial charge in [-0.15, -0.1) is 0 Å². The lowest BCUT2D eigenvalue weighted by Gasteiger charge is -2.00. The molecule has 0 saturated heterocycles. The number of pyridine rings is 1. The van der Waals surface area contributed by atoms with Crippen LogP contribution in [0, 0.1) is 0 Å². The smallest absolute Gasteiger partial charge is 0.258 e. The normalized spacial score (nSPS) is 21.2. The van der Waals surface area contributed by atoms with Crippen molar-refractivity contribution in [1.82, 2.24) is 19.5 Å². The summed E-state index contributed by atoms with van der Waals surface area (Å²) in [5, 5.41) is 4.51. The zero-order chi connectivity index (χ0) is 14.4. The summed E-state index contributed by atoms with van der Waals surface area (Å²) in [6, 6.07) is 4.06. The number of nitrogens with one attached hydrogen (secondary N) is 1. The Morgan fingerprint density at radius 2 is 2.10 bits per heavy atom. The first-order valence-electron chi connectivity index (χ1n) is 6.66. The highest BCUT2D eigenvalue weighted by molar-refractivity contribution is 7.93. The summed E-state index contributed by atoms with van der Waals surface area (Å²) >= 11 is 0. The third-order valence-electron chi connectivity index (χ3n) is 3.56. The molecule has 6 nitrogen and oxygen atoms in total. The Morgan fingerprint density at radius 1 is 1.24 bits per heavy atom. The summed E-state index contributed by atoms with van der Waals surface area (Å²) in [5.74, 6) is 0.265. The first-order chi connectivity index (χ1) is 10.2. The Bertz CT molecular complexity index is 775. The molecule has 1 fully saturated rings. The molecule has 3 heterocycles. The first kappa shape index (κ1) is 12.5. The fourth-order valence-electron chi connectivity index (χ4n) is 2.28. The maximum absolute atomic E-state index is 11.7. The number of carbonyl (C=O) groups excluding carboxylic acids is 1. The molecular weight excluding hydrogens is 288 g/mol. The summed E-state index contributed by atoms with van der Waals surface area (Å²) in [5.41, 5.74) is 2.97. The van der Waals surface area contributed by atoms with E-state index in [2.05, 4.69) is 14.8 Å². The molecule has 2 aromatic heterocycles. The summed E-state index contributed by atoms with van der Waals surface area (Å²) in [6.45, 7) is 0. The average Bonchev–Trinajstić information content (AvgIpc) is 3.12. The highest BCUT2D eigenvalue weighted by Gasteiger charge is 2.25. The van der Waals surface area contributed by atoms with Gasteiger partial charge in [0, 0.05) is 41.2 Å². The Kier molecular flexibility index (Phi) is 2.75. The lowest BCUT2D eigenvalue weighted by Crippen LogP contribution is -2.17. The van der Waals surface area contributed by atoms with Gasteiger partial charge in [0.05, 0.1) is 6.20 Å². The molecule has 1 atom stereocenters. The predicted molar refractivity (Wildman–Crippen MR) is 78.0 cm³/mol. The van der Waals surface area contributed by atoms with Gasteiger partial charge in [-0.3, -0.25) is 14.5 Å². The summed E-state index contributed by atoms with van der Waals surface area (Å²) in [4.78, 5) is 15.7. The van der Waals surface area contributed by atoms with Crippen LogP contribution < -0.4 is 4.72 Å². The third kappa shape index (κ3) is 2.29. The van der Waals surface area contributed by atoms with Crippen LogP contribution in [-0.2, 0) is 15.8 Å². The molecule has 7 heteroatoms. The quantitative estimate of drug-likeness (QED) is 0.930. The highest BCUT2D eigenvalue weighted by Crippen LogP contribution is 2.39. The Morgan fingerprint density at radius 3 is 2.71 bits per heavy atom. The van der Waals surface area contributed by atoms with Gasteiger partial charge >= 0.3 is 0 Å². The zero-order valence-corrected chi connectivity index (χ0v) is 11.8. The number of hydrogen-bond acceptors (Lipinski definition) is 4. The predicted octanol–water partition coefficient (Wildman–Crippen LogP) is 1.41. The summed E-state index contributed by atoms with van der Waals surface area (Å²) in [7, 11) is -1.54. The van der Waals surface area contributed by atoms with E-state index in [4.69, 9.17) is 0 Å². The molecule has 1 N–H and O–H groups in total. The maximum Gasteiger partial charge on any atom is 0.258 e. The largest absolute Gasteiger partial charge is 0.269 e. The summed E-state index contributed by atoms with van der Waals surface area (Å²) < 4.78 is 15.5. The number of carbonyl (C=O) groups is 1. The molecule has 2 aliphatic rings. The maximum atomic E-state index is 11.7. The molecule has 21 heavy (non-hydrogen) atoms. The molecule has 2 aromatic rings. The van der Waals surface area contributed by atoms with Gasteiger partial charge in [0.15, 0.2) is 16.0 Å². The van der Waals surface area contributed by atoms with Crippen LogP contribution in [-0.4, -0.2) is 24.9 Å². The average molecular weight is 300 g/mol. The van der Waals surface area contributed by atoms with Gasteiger partial charge in [0.25, 0.3) is 5.91 Å². The molecule has 1 aliphatic heterocycles. The minimum Gasteiger partial charge on any atom is -0.269 e. The number of aromatic nitrogens is 3. The minimum atomic E-state index is -1.54. The SMILES string of the molecule is O=C1C=C(n2cc(-c3ccc(C4CC4)nc3)cn2)S(=O)N1. The van der Waals surface area contributed by atoms with Crippen molar-refractivity contribution in [3.05, 3.63) is 42.5 Å². The van der Waals surface area contributed by atoms with E-state index < -0.39 is 11.0 Å². The molecule has 1 unspecified atom stereocenters. The van der Waals surface area contributed by atoms with E-state index in [1.165, 1.54) is 23.6 Å². The van der Waals surface area contributed by atoms with E-state index in [1.54, 1.807) is 12.4 Å². The molecule has 1 amide bonds. The molecule has 0 bridgehead atoms. The Labute approximate surface area is 123 Å². The van der Waals surface area contributed by atoms with Gasteiger partial charge in [-0.2, -0.15) is 5.10 Å². The van der Waals surface area contributed by atoms with Gasteiger partial charge in [0.2, 0.25) is 0 Å². The standard InChI is InChI=1S/C14H12N4O2S/c19-13-5-14(21(20)17-13)18-8-11(7-16-18)10-3-4-12(15-6-10)9-1-2-9/h3-9H,1-2H2,(H,17,19). The van der Waals surface area contributed by atoms with Crippen molar-refractivity contribution in [3.63, 3.8) is 0 Å². The second kappa shape index (κ2) is 4.63. The van der Waals surface area contributed by atoms with Crippen LogP contribution in [0.4, 0.5) is 0 Å². The molecule has 0 spiro atoms. The molecule has 1 saturated carbocycles. The topological polar surface area (TPSA) is 76.9 Å². The monoisotopic (exact) mass is 300 g/mol. The minimum absolute atomic E-state index is 0.341.